The fourth-order valence-electron chi connectivity index (χ4n) is 1.86. The van der Waals surface area contributed by atoms with Gasteiger partial charge in [0.2, 0.25) is 5.91 Å². The molecule has 0 heterocycles. The molecule has 1 rings (SSSR count). The van der Waals surface area contributed by atoms with Crippen molar-refractivity contribution >= 4 is 17.5 Å². The first-order valence-electron chi connectivity index (χ1n) is 6.68. The van der Waals surface area contributed by atoms with Gasteiger partial charge in [-0.3, -0.25) is 4.79 Å². The Balaban J connectivity index is 2.52. The number of methoxy groups -OCH3 is 1. The van der Waals surface area contributed by atoms with Crippen LogP contribution < -0.4 is 4.74 Å². The number of nitrogens with zero attached hydrogens (tertiary/aromatic N) is 1. The number of carbonyl (C=O) groups excluding carboxylic acids is 1. The second-order valence-corrected chi connectivity index (χ2v) is 4.78. The maximum atomic E-state index is 12.0. The first-order valence-corrected chi connectivity index (χ1v) is 7.21. The lowest BCUT2D eigenvalue weighted by Gasteiger charge is -2.21. The lowest BCUT2D eigenvalue weighted by Crippen LogP contribution is -2.30. The van der Waals surface area contributed by atoms with E-state index in [2.05, 4.69) is 0 Å². The van der Waals surface area contributed by atoms with Gasteiger partial charge in [-0.15, -0.1) is 11.6 Å². The average molecular weight is 284 g/mol. The molecule has 106 valence electrons. The number of ether oxygens (including phenoxy) is 1. The van der Waals surface area contributed by atoms with Gasteiger partial charge in [0, 0.05) is 25.4 Å². The largest absolute Gasteiger partial charge is 0.497 e. The topological polar surface area (TPSA) is 29.5 Å². The lowest BCUT2D eigenvalue weighted by atomic mass is 10.2. The van der Waals surface area contributed by atoms with Crippen molar-refractivity contribution in [3.63, 3.8) is 0 Å². The van der Waals surface area contributed by atoms with E-state index in [4.69, 9.17) is 16.3 Å². The van der Waals surface area contributed by atoms with Crippen LogP contribution in [0.5, 0.6) is 5.75 Å². The Morgan fingerprint density at radius 3 is 2.47 bits per heavy atom. The van der Waals surface area contributed by atoms with Crippen LogP contribution in [-0.2, 0) is 11.3 Å². The van der Waals surface area contributed by atoms with Crippen molar-refractivity contribution in [2.24, 2.45) is 0 Å². The van der Waals surface area contributed by atoms with Gasteiger partial charge in [-0.1, -0.05) is 12.1 Å². The molecule has 3 nitrogen and oxygen atoms in total. The molecule has 19 heavy (non-hydrogen) atoms. The quantitative estimate of drug-likeness (QED) is 0.540. The van der Waals surface area contributed by atoms with E-state index in [0.29, 0.717) is 18.8 Å². The van der Waals surface area contributed by atoms with E-state index in [1.54, 1.807) is 7.11 Å². The fourth-order valence-corrected chi connectivity index (χ4v) is 2.05. The minimum absolute atomic E-state index is 0.198. The minimum atomic E-state index is 0.198. The molecule has 1 aromatic rings. The van der Waals surface area contributed by atoms with Crippen LogP contribution in [0, 0.1) is 0 Å². The molecule has 0 unspecified atom stereocenters. The summed E-state index contributed by atoms with van der Waals surface area (Å²) in [6.07, 6.45) is 2.34. The number of alkyl halides is 1. The normalized spacial score (nSPS) is 10.3. The number of hydrogen-bond acceptors (Lipinski definition) is 2. The molecule has 0 saturated carbocycles. The van der Waals surface area contributed by atoms with Gasteiger partial charge in [0.15, 0.2) is 0 Å². The van der Waals surface area contributed by atoms with Crippen molar-refractivity contribution in [1.29, 1.82) is 0 Å². The molecule has 0 aromatic heterocycles. The highest BCUT2D eigenvalue weighted by molar-refractivity contribution is 6.17. The molecule has 0 fully saturated rings. The molecule has 0 spiro atoms. The molecule has 0 bridgehead atoms. The van der Waals surface area contributed by atoms with E-state index in [1.807, 2.05) is 36.1 Å². The summed E-state index contributed by atoms with van der Waals surface area (Å²) in [5, 5.41) is 0. The van der Waals surface area contributed by atoms with Crippen molar-refractivity contribution in [1.82, 2.24) is 4.90 Å². The number of amides is 1. The number of unbranched alkanes of at least 4 members (excludes halogenated alkanes) is 1. The summed E-state index contributed by atoms with van der Waals surface area (Å²) in [6, 6.07) is 7.82. The third-order valence-corrected chi connectivity index (χ3v) is 3.31. The van der Waals surface area contributed by atoms with E-state index in [0.717, 1.165) is 30.7 Å². The standard InChI is InChI=1S/C15H22ClNO2/c1-3-17(15(18)6-4-5-11-16)12-13-7-9-14(19-2)10-8-13/h7-10H,3-6,11-12H2,1-2H3. The summed E-state index contributed by atoms with van der Waals surface area (Å²) in [4.78, 5) is 13.9. The lowest BCUT2D eigenvalue weighted by molar-refractivity contribution is -0.131. The van der Waals surface area contributed by atoms with Gasteiger partial charge in [-0.25, -0.2) is 0 Å². The van der Waals surface area contributed by atoms with E-state index < -0.39 is 0 Å². The number of carbonyl (C=O) groups is 1. The van der Waals surface area contributed by atoms with Crippen LogP contribution in [-0.4, -0.2) is 30.3 Å². The molecule has 1 aromatic carbocycles. The first kappa shape index (κ1) is 15.8. The molecule has 0 aliphatic rings. The zero-order chi connectivity index (χ0) is 14.1. The number of benzene rings is 1. The van der Waals surface area contributed by atoms with Crippen molar-refractivity contribution in [3.8, 4) is 5.75 Å². The molecule has 0 N–H and O–H groups in total. The zero-order valence-electron chi connectivity index (χ0n) is 11.7. The summed E-state index contributed by atoms with van der Waals surface area (Å²) < 4.78 is 5.12. The third-order valence-electron chi connectivity index (χ3n) is 3.04. The van der Waals surface area contributed by atoms with Gasteiger partial charge in [-0.2, -0.15) is 0 Å². The number of hydrogen-bond donors (Lipinski definition) is 0. The highest BCUT2D eigenvalue weighted by Crippen LogP contribution is 2.14. The maximum Gasteiger partial charge on any atom is 0.222 e. The Labute approximate surface area is 120 Å². The van der Waals surface area contributed by atoms with E-state index in [9.17, 15) is 4.79 Å². The van der Waals surface area contributed by atoms with Gasteiger partial charge in [0.1, 0.15) is 5.75 Å². The van der Waals surface area contributed by atoms with Gasteiger partial charge < -0.3 is 9.64 Å². The summed E-state index contributed by atoms with van der Waals surface area (Å²) in [5.74, 6) is 1.65. The van der Waals surface area contributed by atoms with Crippen molar-refractivity contribution in [2.75, 3.05) is 19.5 Å². The summed E-state index contributed by atoms with van der Waals surface area (Å²) in [7, 11) is 1.65. The molecule has 0 saturated heterocycles. The zero-order valence-corrected chi connectivity index (χ0v) is 12.4. The van der Waals surface area contributed by atoms with Gasteiger partial charge in [0.05, 0.1) is 7.11 Å². The fraction of sp³-hybridized carbons (Fsp3) is 0.533. The molecule has 0 radical (unpaired) electrons. The minimum Gasteiger partial charge on any atom is -0.497 e. The molecule has 0 aliphatic carbocycles. The Bertz CT molecular complexity index is 378. The molecule has 1 amide bonds. The van der Waals surface area contributed by atoms with E-state index in [1.165, 1.54) is 0 Å². The number of halogens is 1. The molecule has 4 heteroatoms. The van der Waals surface area contributed by atoms with Crippen LogP contribution in [0.25, 0.3) is 0 Å². The second-order valence-electron chi connectivity index (χ2n) is 4.40. The molecular weight excluding hydrogens is 262 g/mol. The van der Waals surface area contributed by atoms with Crippen molar-refractivity contribution in [2.45, 2.75) is 32.7 Å². The monoisotopic (exact) mass is 283 g/mol. The van der Waals surface area contributed by atoms with E-state index >= 15 is 0 Å². The highest BCUT2D eigenvalue weighted by Gasteiger charge is 2.11. The van der Waals surface area contributed by atoms with Crippen LogP contribution in [0.15, 0.2) is 24.3 Å². The predicted molar refractivity (Wildman–Crippen MR) is 78.7 cm³/mol. The van der Waals surface area contributed by atoms with Gasteiger partial charge >= 0.3 is 0 Å². The number of rotatable bonds is 8. The van der Waals surface area contributed by atoms with Crippen LogP contribution in [0.4, 0.5) is 0 Å². The average Bonchev–Trinajstić information content (AvgIpc) is 2.45. The van der Waals surface area contributed by atoms with Gasteiger partial charge in [0.25, 0.3) is 0 Å². The third kappa shape index (κ3) is 5.52. The Morgan fingerprint density at radius 2 is 1.95 bits per heavy atom. The Kier molecular flexibility index (Phi) is 7.34. The molecular formula is C15H22ClNO2. The van der Waals surface area contributed by atoms with Crippen LogP contribution in [0.3, 0.4) is 0 Å². The highest BCUT2D eigenvalue weighted by atomic mass is 35.5. The predicted octanol–water partition coefficient (Wildman–Crippen LogP) is 3.45. The smallest absolute Gasteiger partial charge is 0.222 e. The maximum absolute atomic E-state index is 12.0. The van der Waals surface area contributed by atoms with Crippen LogP contribution >= 0.6 is 11.6 Å². The van der Waals surface area contributed by atoms with Crippen molar-refractivity contribution in [3.05, 3.63) is 29.8 Å². The summed E-state index contributed by atoms with van der Waals surface area (Å²) in [5.41, 5.74) is 1.12. The van der Waals surface area contributed by atoms with Crippen LogP contribution in [0.1, 0.15) is 31.7 Å². The van der Waals surface area contributed by atoms with E-state index in [-0.39, 0.29) is 5.91 Å². The Hall–Kier alpha value is -1.22. The molecule has 0 atom stereocenters. The first-order chi connectivity index (χ1) is 9.21. The summed E-state index contributed by atoms with van der Waals surface area (Å²) in [6.45, 7) is 3.38. The second kappa shape index (κ2) is 8.81. The summed E-state index contributed by atoms with van der Waals surface area (Å²) >= 11 is 5.62. The van der Waals surface area contributed by atoms with Crippen LogP contribution in [0.2, 0.25) is 0 Å². The SMILES string of the molecule is CCN(Cc1ccc(OC)cc1)C(=O)CCCCCl. The molecule has 0 aliphatic heterocycles. The Morgan fingerprint density at radius 1 is 1.26 bits per heavy atom. The van der Waals surface area contributed by atoms with Gasteiger partial charge in [-0.05, 0) is 37.5 Å². The van der Waals surface area contributed by atoms with Crippen molar-refractivity contribution < 1.29 is 9.53 Å².